The van der Waals surface area contributed by atoms with Crippen molar-refractivity contribution in [3.8, 4) is 0 Å². The van der Waals surface area contributed by atoms with E-state index in [1.807, 2.05) is 0 Å². The molecule has 0 aromatic carbocycles. The number of carboxylic acid groups (broad SMARTS) is 1. The highest BCUT2D eigenvalue weighted by Crippen LogP contribution is 2.16. The average Bonchev–Trinajstić information content (AvgIpc) is 2.42. The van der Waals surface area contributed by atoms with E-state index in [9.17, 15) is 19.2 Å². The van der Waals surface area contributed by atoms with Gasteiger partial charge in [0.05, 0.1) is 12.8 Å². The van der Waals surface area contributed by atoms with Gasteiger partial charge >= 0.3 is 23.9 Å². The van der Waals surface area contributed by atoms with Crippen molar-refractivity contribution in [3.63, 3.8) is 0 Å². The van der Waals surface area contributed by atoms with E-state index >= 15 is 0 Å². The van der Waals surface area contributed by atoms with Gasteiger partial charge in [-0.05, 0) is 6.92 Å². The molecule has 0 heterocycles. The van der Waals surface area contributed by atoms with Gasteiger partial charge in [0.15, 0.2) is 6.61 Å². The second kappa shape index (κ2) is 8.60. The molecule has 0 aliphatic rings. The predicted molar refractivity (Wildman–Crippen MR) is 73.4 cm³/mol. The zero-order chi connectivity index (χ0) is 17.3. The summed E-state index contributed by atoms with van der Waals surface area (Å²) in [5, 5.41) is 8.50. The van der Waals surface area contributed by atoms with E-state index < -0.39 is 49.1 Å². The highest BCUT2D eigenvalue weighted by molar-refractivity contribution is 5.87. The molecule has 0 saturated heterocycles. The molecule has 1 N–H and O–H groups in total. The number of hydrogen-bond acceptors (Lipinski definition) is 7. The molecule has 0 aromatic heterocycles. The van der Waals surface area contributed by atoms with Crippen LogP contribution in [0.3, 0.4) is 0 Å². The lowest BCUT2D eigenvalue weighted by molar-refractivity contribution is -0.234. The normalized spacial score (nSPS) is 12.5. The molecule has 0 radical (unpaired) electrons. The number of carbonyl (C=O) groups is 4. The SMILES string of the molecule is C=CC(=O)OC(C)(COC(=O)C(=C)C)OC(=O)CCC(=O)O. The minimum Gasteiger partial charge on any atom is -0.481 e. The monoisotopic (exact) mass is 314 g/mol. The summed E-state index contributed by atoms with van der Waals surface area (Å²) in [4.78, 5) is 44.6. The molecule has 1 atom stereocenters. The maximum absolute atomic E-state index is 11.6. The minimum absolute atomic E-state index is 0.106. The van der Waals surface area contributed by atoms with Gasteiger partial charge in [0, 0.05) is 18.6 Å². The smallest absolute Gasteiger partial charge is 0.333 e. The van der Waals surface area contributed by atoms with Crippen LogP contribution in [0.2, 0.25) is 0 Å². The topological polar surface area (TPSA) is 116 Å². The van der Waals surface area contributed by atoms with Crippen LogP contribution in [0.15, 0.2) is 24.8 Å². The summed E-state index contributed by atoms with van der Waals surface area (Å²) in [6.07, 6.45) is -0.0369. The Labute approximate surface area is 127 Å². The Kier molecular flexibility index (Phi) is 7.57. The van der Waals surface area contributed by atoms with Crippen LogP contribution in [0, 0.1) is 0 Å². The van der Waals surface area contributed by atoms with Gasteiger partial charge in [-0.25, -0.2) is 9.59 Å². The third-order valence-electron chi connectivity index (χ3n) is 2.17. The van der Waals surface area contributed by atoms with Crippen molar-refractivity contribution in [2.75, 3.05) is 6.61 Å². The second-order valence-electron chi connectivity index (χ2n) is 4.48. The lowest BCUT2D eigenvalue weighted by Gasteiger charge is -2.28. The molecule has 0 saturated carbocycles. The Hall–Kier alpha value is -2.64. The molecule has 0 fully saturated rings. The lowest BCUT2D eigenvalue weighted by Crippen LogP contribution is -2.42. The molecular weight excluding hydrogens is 296 g/mol. The van der Waals surface area contributed by atoms with Crippen molar-refractivity contribution in [2.24, 2.45) is 0 Å². The van der Waals surface area contributed by atoms with Crippen molar-refractivity contribution in [1.29, 1.82) is 0 Å². The van der Waals surface area contributed by atoms with Crippen molar-refractivity contribution >= 4 is 23.9 Å². The molecule has 0 aliphatic carbocycles. The first kappa shape index (κ1) is 19.4. The van der Waals surface area contributed by atoms with E-state index in [1.54, 1.807) is 0 Å². The van der Waals surface area contributed by atoms with Gasteiger partial charge in [0.2, 0.25) is 0 Å². The quantitative estimate of drug-likeness (QED) is 0.380. The van der Waals surface area contributed by atoms with Crippen molar-refractivity contribution in [3.05, 3.63) is 24.8 Å². The van der Waals surface area contributed by atoms with Crippen LogP contribution >= 0.6 is 0 Å². The van der Waals surface area contributed by atoms with Crippen LogP contribution in [0.5, 0.6) is 0 Å². The Morgan fingerprint density at radius 1 is 1.18 bits per heavy atom. The molecule has 0 rings (SSSR count). The van der Waals surface area contributed by atoms with Crippen LogP contribution in [0.4, 0.5) is 0 Å². The Balaban J connectivity index is 4.84. The summed E-state index contributed by atoms with van der Waals surface area (Å²) in [6.45, 7) is 8.60. The first-order chi connectivity index (χ1) is 10.1. The van der Waals surface area contributed by atoms with Gasteiger partial charge in [-0.3, -0.25) is 9.59 Å². The first-order valence-corrected chi connectivity index (χ1v) is 6.21. The van der Waals surface area contributed by atoms with Gasteiger partial charge in [0.25, 0.3) is 5.79 Å². The van der Waals surface area contributed by atoms with Crippen LogP contribution in [-0.4, -0.2) is 41.4 Å². The number of aliphatic carboxylic acids is 1. The summed E-state index contributed by atoms with van der Waals surface area (Å²) in [7, 11) is 0. The largest absolute Gasteiger partial charge is 0.481 e. The summed E-state index contributed by atoms with van der Waals surface area (Å²) >= 11 is 0. The van der Waals surface area contributed by atoms with Crippen LogP contribution < -0.4 is 0 Å². The molecule has 122 valence electrons. The van der Waals surface area contributed by atoms with Gasteiger partial charge in [0.1, 0.15) is 0 Å². The summed E-state index contributed by atoms with van der Waals surface area (Å²) < 4.78 is 14.5. The van der Waals surface area contributed by atoms with Crippen molar-refractivity contribution < 1.29 is 38.5 Å². The van der Waals surface area contributed by atoms with E-state index in [4.69, 9.17) is 19.3 Å². The molecule has 0 aromatic rings. The maximum Gasteiger partial charge on any atom is 0.333 e. The van der Waals surface area contributed by atoms with E-state index in [2.05, 4.69) is 13.2 Å². The zero-order valence-electron chi connectivity index (χ0n) is 12.4. The highest BCUT2D eigenvalue weighted by atomic mass is 16.7. The fourth-order valence-electron chi connectivity index (χ4n) is 1.15. The minimum atomic E-state index is -1.90. The number of ether oxygens (including phenoxy) is 3. The molecular formula is C14H18O8. The highest BCUT2D eigenvalue weighted by Gasteiger charge is 2.34. The Bertz CT molecular complexity index is 493. The number of rotatable bonds is 9. The van der Waals surface area contributed by atoms with Gasteiger partial charge < -0.3 is 19.3 Å². The number of esters is 3. The standard InChI is InChI=1S/C14H18O8/c1-5-11(17)21-14(4,8-20-13(19)9(2)3)22-12(18)7-6-10(15)16/h5H,1-2,6-8H2,3-4H3,(H,15,16). The first-order valence-electron chi connectivity index (χ1n) is 6.21. The predicted octanol–water partition coefficient (Wildman–Crippen LogP) is 0.959. The van der Waals surface area contributed by atoms with Gasteiger partial charge in [-0.15, -0.1) is 0 Å². The molecule has 0 spiro atoms. The molecule has 0 bridgehead atoms. The molecule has 8 nitrogen and oxygen atoms in total. The zero-order valence-corrected chi connectivity index (χ0v) is 12.4. The molecule has 8 heteroatoms. The fourth-order valence-corrected chi connectivity index (χ4v) is 1.15. The Morgan fingerprint density at radius 2 is 1.77 bits per heavy atom. The van der Waals surface area contributed by atoms with E-state index in [0.717, 1.165) is 6.08 Å². The third-order valence-corrected chi connectivity index (χ3v) is 2.17. The molecule has 0 aliphatic heterocycles. The van der Waals surface area contributed by atoms with Crippen molar-refractivity contribution in [1.82, 2.24) is 0 Å². The van der Waals surface area contributed by atoms with Crippen LogP contribution in [0.25, 0.3) is 0 Å². The van der Waals surface area contributed by atoms with Gasteiger partial charge in [-0.1, -0.05) is 13.2 Å². The fraction of sp³-hybridized carbons (Fsp3) is 0.429. The van der Waals surface area contributed by atoms with Gasteiger partial charge in [-0.2, -0.15) is 0 Å². The average molecular weight is 314 g/mol. The summed E-state index contributed by atoms with van der Waals surface area (Å²) in [5.74, 6) is -5.67. The van der Waals surface area contributed by atoms with E-state index in [0.29, 0.717) is 0 Å². The number of carboxylic acids is 1. The van der Waals surface area contributed by atoms with Crippen LogP contribution in [-0.2, 0) is 33.4 Å². The van der Waals surface area contributed by atoms with E-state index in [1.165, 1.54) is 13.8 Å². The molecule has 1 unspecified atom stereocenters. The Morgan fingerprint density at radius 3 is 2.23 bits per heavy atom. The summed E-state index contributed by atoms with van der Waals surface area (Å²) in [6, 6.07) is 0. The number of hydrogen-bond donors (Lipinski definition) is 1. The van der Waals surface area contributed by atoms with Crippen molar-refractivity contribution in [2.45, 2.75) is 32.5 Å². The van der Waals surface area contributed by atoms with Crippen LogP contribution in [0.1, 0.15) is 26.7 Å². The third kappa shape index (κ3) is 7.83. The number of carbonyl (C=O) groups excluding carboxylic acids is 3. The summed E-state index contributed by atoms with van der Waals surface area (Å²) in [5.41, 5.74) is 0.106. The molecule has 0 amide bonds. The second-order valence-corrected chi connectivity index (χ2v) is 4.48. The lowest BCUT2D eigenvalue weighted by atomic mass is 10.3. The molecule has 22 heavy (non-hydrogen) atoms. The van der Waals surface area contributed by atoms with E-state index in [-0.39, 0.29) is 5.57 Å². The maximum atomic E-state index is 11.6.